The molecule has 1 aliphatic heterocycles. The van der Waals surface area contributed by atoms with E-state index in [0.29, 0.717) is 0 Å². The minimum atomic E-state index is -0.510. The van der Waals surface area contributed by atoms with Crippen molar-refractivity contribution in [3.8, 4) is 0 Å². The minimum absolute atomic E-state index is 0.144. The van der Waals surface area contributed by atoms with Gasteiger partial charge in [-0.2, -0.15) is 0 Å². The normalized spacial score (nSPS) is 26.3. The van der Waals surface area contributed by atoms with Crippen LogP contribution in [0.1, 0.15) is 6.42 Å². The van der Waals surface area contributed by atoms with E-state index in [2.05, 4.69) is 15.3 Å². The van der Waals surface area contributed by atoms with Crippen LogP contribution >= 0.6 is 0 Å². The zero-order valence-electron chi connectivity index (χ0n) is 5.56. The Morgan fingerprint density at radius 2 is 2.60 bits per heavy atom. The highest BCUT2D eigenvalue weighted by Crippen LogP contribution is 2.07. The fourth-order valence-electron chi connectivity index (χ4n) is 0.887. The molecule has 2 N–H and O–H groups in total. The lowest BCUT2D eigenvalue weighted by atomic mass is 10.0. The lowest BCUT2D eigenvalue weighted by Gasteiger charge is -2.31. The van der Waals surface area contributed by atoms with Gasteiger partial charge in [0.2, 0.25) is 0 Å². The molecule has 0 radical (unpaired) electrons. The molecule has 0 amide bonds. The monoisotopic (exact) mass is 142 g/mol. The van der Waals surface area contributed by atoms with Crippen LogP contribution in [0.4, 0.5) is 0 Å². The first-order valence-corrected chi connectivity index (χ1v) is 3.27. The quantitative estimate of drug-likeness (QED) is 0.331. The van der Waals surface area contributed by atoms with Gasteiger partial charge in [0.25, 0.3) is 0 Å². The van der Waals surface area contributed by atoms with Gasteiger partial charge >= 0.3 is 0 Å². The molecule has 0 aliphatic carbocycles. The highest BCUT2D eigenvalue weighted by Gasteiger charge is 2.23. The molecule has 0 saturated carbocycles. The maximum absolute atomic E-state index is 9.17. The van der Waals surface area contributed by atoms with Crippen molar-refractivity contribution in [2.75, 3.05) is 13.1 Å². The van der Waals surface area contributed by atoms with E-state index in [1.165, 1.54) is 0 Å². The van der Waals surface area contributed by atoms with E-state index in [1.54, 1.807) is 0 Å². The van der Waals surface area contributed by atoms with Crippen molar-refractivity contribution in [3.63, 3.8) is 0 Å². The van der Waals surface area contributed by atoms with Crippen molar-refractivity contribution in [2.24, 2.45) is 5.11 Å². The number of hydrogen-bond acceptors (Lipinski definition) is 3. The zero-order chi connectivity index (χ0) is 7.40. The van der Waals surface area contributed by atoms with Crippen molar-refractivity contribution in [3.05, 3.63) is 10.4 Å². The molecule has 0 aromatic carbocycles. The maximum atomic E-state index is 9.17. The standard InChI is InChI=1S/C5H10N4O/c6-9-8-3-5(10)4-1-2-7-4/h4-5,7,10H,1-3H2/t4-,5+/m0/s1. The van der Waals surface area contributed by atoms with Crippen molar-refractivity contribution in [2.45, 2.75) is 18.6 Å². The molecule has 0 aromatic rings. The summed E-state index contributed by atoms with van der Waals surface area (Å²) < 4.78 is 0. The zero-order valence-corrected chi connectivity index (χ0v) is 5.56. The van der Waals surface area contributed by atoms with E-state index in [0.717, 1.165) is 13.0 Å². The van der Waals surface area contributed by atoms with Crippen LogP contribution in [0, 0.1) is 0 Å². The van der Waals surface area contributed by atoms with Crippen molar-refractivity contribution in [1.29, 1.82) is 0 Å². The molecule has 56 valence electrons. The third kappa shape index (κ3) is 1.60. The second-order valence-electron chi connectivity index (χ2n) is 2.33. The van der Waals surface area contributed by atoms with Crippen LogP contribution in [0.15, 0.2) is 5.11 Å². The molecule has 2 atom stereocenters. The van der Waals surface area contributed by atoms with Gasteiger partial charge in [0.15, 0.2) is 0 Å². The molecular weight excluding hydrogens is 132 g/mol. The Morgan fingerprint density at radius 1 is 1.90 bits per heavy atom. The molecule has 5 nitrogen and oxygen atoms in total. The Balaban J connectivity index is 2.19. The van der Waals surface area contributed by atoms with Crippen molar-refractivity contribution in [1.82, 2.24) is 5.32 Å². The van der Waals surface area contributed by atoms with E-state index < -0.39 is 6.10 Å². The molecule has 0 aromatic heterocycles. The number of aliphatic hydroxyl groups is 1. The Labute approximate surface area is 58.7 Å². The van der Waals surface area contributed by atoms with Crippen molar-refractivity contribution >= 4 is 0 Å². The number of aliphatic hydroxyl groups excluding tert-OH is 1. The predicted molar refractivity (Wildman–Crippen MR) is 36.4 cm³/mol. The summed E-state index contributed by atoms with van der Waals surface area (Å²) in [5.41, 5.74) is 7.91. The third-order valence-corrected chi connectivity index (χ3v) is 1.66. The summed E-state index contributed by atoms with van der Waals surface area (Å²) in [6.45, 7) is 1.13. The lowest BCUT2D eigenvalue weighted by molar-refractivity contribution is 0.102. The number of hydrogen-bond donors (Lipinski definition) is 2. The fraction of sp³-hybridized carbons (Fsp3) is 1.00. The lowest BCUT2D eigenvalue weighted by Crippen LogP contribution is -2.51. The van der Waals surface area contributed by atoms with Gasteiger partial charge in [-0.05, 0) is 18.5 Å². The SMILES string of the molecule is [N-]=[N+]=NC[C@@H](O)[C@@H]1CCN1. The van der Waals surface area contributed by atoms with E-state index in [4.69, 9.17) is 5.53 Å². The van der Waals surface area contributed by atoms with Gasteiger partial charge < -0.3 is 10.4 Å². The number of azide groups is 1. The van der Waals surface area contributed by atoms with E-state index >= 15 is 0 Å². The van der Waals surface area contributed by atoms with Crippen LogP contribution in [0.2, 0.25) is 0 Å². The number of nitrogens with zero attached hydrogens (tertiary/aromatic N) is 3. The molecule has 1 rings (SSSR count). The Kier molecular flexibility index (Phi) is 2.50. The van der Waals surface area contributed by atoms with Gasteiger partial charge in [-0.1, -0.05) is 5.11 Å². The summed E-state index contributed by atoms with van der Waals surface area (Å²) in [7, 11) is 0. The van der Waals surface area contributed by atoms with Crippen LogP contribution in [-0.2, 0) is 0 Å². The Morgan fingerprint density at radius 3 is 3.00 bits per heavy atom. The van der Waals surface area contributed by atoms with E-state index in [-0.39, 0.29) is 12.6 Å². The summed E-state index contributed by atoms with van der Waals surface area (Å²) in [5.74, 6) is 0. The van der Waals surface area contributed by atoms with Crippen molar-refractivity contribution < 1.29 is 5.11 Å². The Hall–Kier alpha value is -0.770. The van der Waals surface area contributed by atoms with Crippen LogP contribution < -0.4 is 5.32 Å². The highest BCUT2D eigenvalue weighted by atomic mass is 16.3. The van der Waals surface area contributed by atoms with Crippen LogP contribution in [0.3, 0.4) is 0 Å². The fourth-order valence-corrected chi connectivity index (χ4v) is 0.887. The van der Waals surface area contributed by atoms with Gasteiger partial charge in [-0.25, -0.2) is 0 Å². The summed E-state index contributed by atoms with van der Waals surface area (Å²) >= 11 is 0. The summed E-state index contributed by atoms with van der Waals surface area (Å²) in [6.07, 6.45) is 0.465. The van der Waals surface area contributed by atoms with E-state index in [9.17, 15) is 5.11 Å². The summed E-state index contributed by atoms with van der Waals surface area (Å²) in [4.78, 5) is 2.55. The average Bonchev–Trinajstić information content (AvgIpc) is 1.79. The molecular formula is C5H10N4O. The third-order valence-electron chi connectivity index (χ3n) is 1.66. The smallest absolute Gasteiger partial charge is 0.0749 e. The van der Waals surface area contributed by atoms with Crippen LogP contribution in [-0.4, -0.2) is 30.3 Å². The molecule has 1 heterocycles. The summed E-state index contributed by atoms with van der Waals surface area (Å²) in [5, 5.41) is 15.5. The van der Waals surface area contributed by atoms with Gasteiger partial charge in [0.1, 0.15) is 0 Å². The van der Waals surface area contributed by atoms with Gasteiger partial charge in [-0.3, -0.25) is 0 Å². The topological polar surface area (TPSA) is 81.0 Å². The second kappa shape index (κ2) is 3.41. The number of nitrogens with one attached hydrogen (secondary N) is 1. The highest BCUT2D eigenvalue weighted by molar-refractivity contribution is 4.85. The minimum Gasteiger partial charge on any atom is -0.391 e. The Bertz CT molecular complexity index is 150. The van der Waals surface area contributed by atoms with E-state index in [1.807, 2.05) is 0 Å². The average molecular weight is 142 g/mol. The molecule has 0 unspecified atom stereocenters. The molecule has 1 fully saturated rings. The molecule has 0 spiro atoms. The largest absolute Gasteiger partial charge is 0.391 e. The van der Waals surface area contributed by atoms with Crippen LogP contribution in [0.5, 0.6) is 0 Å². The molecule has 5 heteroatoms. The van der Waals surface area contributed by atoms with Crippen LogP contribution in [0.25, 0.3) is 10.4 Å². The number of rotatable bonds is 3. The molecule has 10 heavy (non-hydrogen) atoms. The molecule has 0 bridgehead atoms. The first kappa shape index (κ1) is 7.34. The molecule has 1 aliphatic rings. The first-order valence-electron chi connectivity index (χ1n) is 3.27. The van der Waals surface area contributed by atoms with Gasteiger partial charge in [-0.15, -0.1) is 0 Å². The predicted octanol–water partition coefficient (Wildman–Crippen LogP) is 0.0195. The molecule has 1 saturated heterocycles. The summed E-state index contributed by atoms with van der Waals surface area (Å²) in [6, 6.07) is 0.144. The second-order valence-corrected chi connectivity index (χ2v) is 2.33. The maximum Gasteiger partial charge on any atom is 0.0749 e. The van der Waals surface area contributed by atoms with Gasteiger partial charge in [0, 0.05) is 11.0 Å². The van der Waals surface area contributed by atoms with Gasteiger partial charge in [0.05, 0.1) is 12.6 Å². The first-order chi connectivity index (χ1) is 4.84.